The molecule has 0 saturated heterocycles. The molecule has 0 radical (unpaired) electrons. The van der Waals surface area contributed by atoms with E-state index in [2.05, 4.69) is 10.5 Å². The third-order valence-corrected chi connectivity index (χ3v) is 7.87. The third-order valence-electron chi connectivity index (χ3n) is 5.86. The normalized spacial score (nSPS) is 11.2. The Morgan fingerprint density at radius 2 is 1.71 bits per heavy atom. The summed E-state index contributed by atoms with van der Waals surface area (Å²) in [5.41, 5.74) is 3.86. The van der Waals surface area contributed by atoms with E-state index in [1.165, 1.54) is 49.7 Å². The number of non-ortho nitro benzene ring substituents is 1. The smallest absolute Gasteiger partial charge is 0.269 e. The second-order valence-electron chi connectivity index (χ2n) is 8.72. The van der Waals surface area contributed by atoms with Crippen molar-refractivity contribution >= 4 is 45.1 Å². The number of ether oxygens (including phenoxy) is 2. The third kappa shape index (κ3) is 7.62. The summed E-state index contributed by atoms with van der Waals surface area (Å²) in [6.07, 6.45) is 1.40. The first-order valence-corrected chi connectivity index (χ1v) is 14.2. The van der Waals surface area contributed by atoms with Gasteiger partial charge in [-0.3, -0.25) is 19.2 Å². The van der Waals surface area contributed by atoms with E-state index in [0.717, 1.165) is 9.87 Å². The summed E-state index contributed by atoms with van der Waals surface area (Å²) >= 11 is 6.15. The first kappa shape index (κ1) is 30.0. The van der Waals surface area contributed by atoms with Crippen LogP contribution in [0.25, 0.3) is 0 Å². The van der Waals surface area contributed by atoms with Gasteiger partial charge in [-0.15, -0.1) is 0 Å². The molecule has 4 rings (SSSR count). The maximum atomic E-state index is 13.5. The van der Waals surface area contributed by atoms with E-state index in [9.17, 15) is 23.3 Å². The second-order valence-corrected chi connectivity index (χ2v) is 11.0. The highest BCUT2D eigenvalue weighted by atomic mass is 35.5. The number of sulfonamides is 1. The van der Waals surface area contributed by atoms with Crippen molar-refractivity contribution in [1.82, 2.24) is 5.43 Å². The Morgan fingerprint density at radius 3 is 2.36 bits per heavy atom. The van der Waals surface area contributed by atoms with Crippen LogP contribution in [0, 0.1) is 10.1 Å². The maximum Gasteiger partial charge on any atom is 0.269 e. The molecule has 4 aromatic carbocycles. The van der Waals surface area contributed by atoms with Gasteiger partial charge in [0.25, 0.3) is 21.6 Å². The van der Waals surface area contributed by atoms with E-state index in [1.54, 1.807) is 60.7 Å². The van der Waals surface area contributed by atoms with Gasteiger partial charge in [0.05, 0.1) is 28.8 Å². The van der Waals surface area contributed by atoms with Crippen LogP contribution in [0.4, 0.5) is 11.4 Å². The number of rotatable bonds is 12. The quantitative estimate of drug-likeness (QED) is 0.133. The van der Waals surface area contributed by atoms with Crippen LogP contribution in [0.5, 0.6) is 11.5 Å². The van der Waals surface area contributed by atoms with Crippen LogP contribution in [0.15, 0.2) is 107 Å². The van der Waals surface area contributed by atoms with E-state index < -0.39 is 27.4 Å². The highest BCUT2D eigenvalue weighted by Crippen LogP contribution is 2.34. The lowest BCUT2D eigenvalue weighted by Gasteiger charge is -2.25. The maximum absolute atomic E-state index is 13.5. The number of hydrogen-bond donors (Lipinski definition) is 1. The molecule has 0 atom stereocenters. The molecule has 0 aliphatic heterocycles. The molecule has 0 aliphatic rings. The average Bonchev–Trinajstić information content (AvgIpc) is 3.00. The van der Waals surface area contributed by atoms with Crippen molar-refractivity contribution in [2.75, 3.05) is 18.0 Å². The minimum absolute atomic E-state index is 0.00389. The van der Waals surface area contributed by atoms with Crippen molar-refractivity contribution in [1.29, 1.82) is 0 Å². The number of hydrogen-bond acceptors (Lipinski definition) is 8. The van der Waals surface area contributed by atoms with Gasteiger partial charge >= 0.3 is 0 Å². The molecule has 0 fully saturated rings. The number of nitrogens with zero attached hydrogens (tertiary/aromatic N) is 3. The molecular weight excluding hydrogens is 584 g/mol. The van der Waals surface area contributed by atoms with Crippen molar-refractivity contribution in [3.8, 4) is 11.5 Å². The van der Waals surface area contributed by atoms with Gasteiger partial charge in [0, 0.05) is 17.2 Å². The summed E-state index contributed by atoms with van der Waals surface area (Å²) in [5, 5.41) is 15.0. The van der Waals surface area contributed by atoms with E-state index in [-0.39, 0.29) is 33.6 Å². The van der Waals surface area contributed by atoms with Crippen molar-refractivity contribution in [3.05, 3.63) is 123 Å². The summed E-state index contributed by atoms with van der Waals surface area (Å²) in [6, 6.07) is 25.1. The Labute approximate surface area is 247 Å². The van der Waals surface area contributed by atoms with Gasteiger partial charge < -0.3 is 9.47 Å². The number of carbonyl (C=O) groups is 1. The largest absolute Gasteiger partial charge is 0.495 e. The highest BCUT2D eigenvalue weighted by molar-refractivity contribution is 7.92. The van der Waals surface area contributed by atoms with Crippen molar-refractivity contribution < 1.29 is 27.6 Å². The molecule has 0 spiro atoms. The highest BCUT2D eigenvalue weighted by Gasteiger charge is 2.29. The van der Waals surface area contributed by atoms with Gasteiger partial charge in [0.1, 0.15) is 24.7 Å². The number of anilines is 1. The van der Waals surface area contributed by atoms with Crippen LogP contribution >= 0.6 is 11.6 Å². The lowest BCUT2D eigenvalue weighted by atomic mass is 10.2. The van der Waals surface area contributed by atoms with E-state index in [1.807, 2.05) is 0 Å². The zero-order chi connectivity index (χ0) is 30.1. The number of halogens is 1. The van der Waals surface area contributed by atoms with Crippen molar-refractivity contribution in [3.63, 3.8) is 0 Å². The molecule has 0 heterocycles. The SMILES string of the molecule is COc1ccc(Cl)cc1N(CC(=O)NN=Cc1ccc(OCc2ccc([N+](=O)[O-])cc2)cc1)S(=O)(=O)c1ccccc1. The fourth-order valence-corrected chi connectivity index (χ4v) is 5.36. The van der Waals surface area contributed by atoms with Gasteiger partial charge in [-0.2, -0.15) is 5.10 Å². The van der Waals surface area contributed by atoms with Gasteiger partial charge in [-0.1, -0.05) is 29.8 Å². The Balaban J connectivity index is 1.41. The van der Waals surface area contributed by atoms with Crippen LogP contribution in [0.2, 0.25) is 5.02 Å². The van der Waals surface area contributed by atoms with Crippen molar-refractivity contribution in [2.24, 2.45) is 5.10 Å². The molecule has 4 aromatic rings. The van der Waals surface area contributed by atoms with Gasteiger partial charge in [0.2, 0.25) is 0 Å². The fourth-order valence-electron chi connectivity index (χ4n) is 3.75. The number of nitro groups is 1. The van der Waals surface area contributed by atoms with Crippen LogP contribution in [-0.4, -0.2) is 39.1 Å². The second kappa shape index (κ2) is 13.6. The summed E-state index contributed by atoms with van der Waals surface area (Å²) < 4.78 is 39.0. The minimum Gasteiger partial charge on any atom is -0.495 e. The Kier molecular flexibility index (Phi) is 9.73. The zero-order valence-corrected chi connectivity index (χ0v) is 23.8. The number of nitrogens with one attached hydrogen (secondary N) is 1. The number of benzene rings is 4. The first-order chi connectivity index (χ1) is 20.2. The Bertz CT molecular complexity index is 1680. The lowest BCUT2D eigenvalue weighted by molar-refractivity contribution is -0.384. The molecule has 13 heteroatoms. The molecule has 1 amide bonds. The standard InChI is InChI=1S/C29H25ClN4O7S/c1-40-28-16-11-23(30)17-27(28)33(42(38,39)26-5-3-2-4-6-26)19-29(35)32-31-18-21-9-14-25(15-10-21)41-20-22-7-12-24(13-8-22)34(36)37/h2-18H,19-20H2,1H3,(H,32,35). The van der Waals surface area contributed by atoms with E-state index in [4.69, 9.17) is 21.1 Å². The van der Waals surface area contributed by atoms with Crippen LogP contribution in [0.1, 0.15) is 11.1 Å². The topological polar surface area (TPSA) is 140 Å². The average molecular weight is 609 g/mol. The predicted octanol–water partition coefficient (Wildman–Crippen LogP) is 5.18. The summed E-state index contributed by atoms with van der Waals surface area (Å²) in [5.74, 6) is 0.0775. The fraction of sp³-hybridized carbons (Fsp3) is 0.103. The van der Waals surface area contributed by atoms with E-state index >= 15 is 0 Å². The number of carbonyl (C=O) groups excluding carboxylic acids is 1. The molecule has 216 valence electrons. The zero-order valence-electron chi connectivity index (χ0n) is 22.2. The molecule has 0 saturated carbocycles. The minimum atomic E-state index is -4.17. The lowest BCUT2D eigenvalue weighted by Crippen LogP contribution is -2.39. The molecule has 0 bridgehead atoms. The summed E-state index contributed by atoms with van der Waals surface area (Å²) in [4.78, 5) is 23.1. The van der Waals surface area contributed by atoms with Gasteiger partial charge in [0.15, 0.2) is 0 Å². The molecule has 1 N–H and O–H groups in total. The molecule has 11 nitrogen and oxygen atoms in total. The van der Waals surface area contributed by atoms with E-state index in [0.29, 0.717) is 11.3 Å². The monoisotopic (exact) mass is 608 g/mol. The van der Waals surface area contributed by atoms with Gasteiger partial charge in [-0.25, -0.2) is 13.8 Å². The number of nitro benzene ring substituents is 1. The first-order valence-electron chi connectivity index (χ1n) is 12.4. The number of methoxy groups -OCH3 is 1. The molecule has 0 aromatic heterocycles. The van der Waals surface area contributed by atoms with Crippen molar-refractivity contribution in [2.45, 2.75) is 11.5 Å². The summed E-state index contributed by atoms with van der Waals surface area (Å²) in [6.45, 7) is -0.373. The van der Waals surface area contributed by atoms with Crippen LogP contribution in [-0.2, 0) is 21.4 Å². The molecular formula is C29H25ClN4O7S. The van der Waals surface area contributed by atoms with Crippen LogP contribution < -0.4 is 19.2 Å². The Morgan fingerprint density at radius 1 is 1.02 bits per heavy atom. The summed E-state index contributed by atoms with van der Waals surface area (Å²) in [7, 11) is -2.79. The predicted molar refractivity (Wildman–Crippen MR) is 159 cm³/mol. The Hall–Kier alpha value is -4.94. The van der Waals surface area contributed by atoms with Gasteiger partial charge in [-0.05, 0) is 77.9 Å². The molecule has 0 unspecified atom stereocenters. The molecule has 42 heavy (non-hydrogen) atoms. The number of hydrazone groups is 1. The molecule has 0 aliphatic carbocycles. The number of amides is 1. The van der Waals surface area contributed by atoms with Crippen LogP contribution in [0.3, 0.4) is 0 Å².